The molecule has 0 aliphatic carbocycles. The third-order valence-corrected chi connectivity index (χ3v) is 5.37. The number of benzene rings is 2. The molecule has 0 spiro atoms. The van der Waals surface area contributed by atoms with Gasteiger partial charge in [-0.1, -0.05) is 24.3 Å². The number of carbonyl (C=O) groups excluding carboxylic acids is 2. The van der Waals surface area contributed by atoms with E-state index in [9.17, 15) is 18.4 Å². The van der Waals surface area contributed by atoms with Gasteiger partial charge < -0.3 is 10.2 Å². The number of likely N-dealkylation sites (N-methyl/N-ethyl adjacent to an activating group) is 1. The lowest BCUT2D eigenvalue weighted by molar-refractivity contribution is -0.135. The molecule has 1 heterocycles. The number of nitrogens with zero attached hydrogens (tertiary/aromatic N) is 2. The monoisotopic (exact) mass is 429 g/mol. The van der Waals surface area contributed by atoms with Gasteiger partial charge in [0.25, 0.3) is 0 Å². The second-order valence-corrected chi connectivity index (χ2v) is 7.50. The smallest absolute Gasteiger partial charge is 0.239 e. The minimum atomic E-state index is -0.343. The van der Waals surface area contributed by atoms with Crippen molar-refractivity contribution in [1.29, 1.82) is 0 Å². The maximum absolute atomic E-state index is 13.4. The van der Waals surface area contributed by atoms with Crippen LogP contribution in [0.5, 0.6) is 0 Å². The van der Waals surface area contributed by atoms with E-state index in [-0.39, 0.29) is 43.0 Å². The molecule has 0 saturated carbocycles. The molecule has 1 N–H and O–H groups in total. The summed E-state index contributed by atoms with van der Waals surface area (Å²) in [6.07, 6.45) is 0.0604. The first-order valence-corrected chi connectivity index (χ1v) is 10.3. The largest absolute Gasteiger partial charge is 0.350 e. The molecule has 1 aromatic heterocycles. The van der Waals surface area contributed by atoms with Gasteiger partial charge in [0, 0.05) is 24.0 Å². The zero-order chi connectivity index (χ0) is 21.5. The van der Waals surface area contributed by atoms with Crippen molar-refractivity contribution in [2.45, 2.75) is 19.9 Å². The average Bonchev–Trinajstić information content (AvgIpc) is 3.20. The standard InChI is InChI=1S/C22H21F2N3O2S/c1-2-27(13-20(28)25-12-15-6-8-17(23)9-7-15)21(29)11-19-14-30-22(26-19)16-4-3-5-18(24)10-16/h3-10,14H,2,11-13H2,1H3,(H,25,28). The molecule has 5 nitrogen and oxygen atoms in total. The minimum absolute atomic E-state index is 0.0604. The summed E-state index contributed by atoms with van der Waals surface area (Å²) in [5.74, 6) is -1.20. The molecular weight excluding hydrogens is 408 g/mol. The van der Waals surface area contributed by atoms with Crippen molar-refractivity contribution >= 4 is 23.2 Å². The van der Waals surface area contributed by atoms with Crippen LogP contribution in [0.2, 0.25) is 0 Å². The molecule has 3 aromatic rings. The molecule has 0 saturated heterocycles. The highest BCUT2D eigenvalue weighted by atomic mass is 32.1. The van der Waals surface area contributed by atoms with E-state index in [0.29, 0.717) is 22.8 Å². The normalized spacial score (nSPS) is 10.6. The number of halogens is 2. The molecule has 0 bridgehead atoms. The summed E-state index contributed by atoms with van der Waals surface area (Å²) in [5, 5.41) is 5.13. The fraction of sp³-hybridized carbons (Fsp3) is 0.227. The maximum Gasteiger partial charge on any atom is 0.239 e. The molecule has 3 rings (SSSR count). The number of nitrogens with one attached hydrogen (secondary N) is 1. The van der Waals surface area contributed by atoms with Gasteiger partial charge in [-0.2, -0.15) is 0 Å². The zero-order valence-electron chi connectivity index (χ0n) is 16.4. The molecule has 2 amide bonds. The third-order valence-electron chi connectivity index (χ3n) is 4.43. The van der Waals surface area contributed by atoms with E-state index in [1.54, 1.807) is 36.6 Å². The number of thiazole rings is 1. The molecule has 0 aliphatic rings. The summed E-state index contributed by atoms with van der Waals surface area (Å²) >= 11 is 1.34. The Morgan fingerprint density at radius 2 is 1.87 bits per heavy atom. The lowest BCUT2D eigenvalue weighted by Crippen LogP contribution is -2.41. The highest BCUT2D eigenvalue weighted by Gasteiger charge is 2.17. The van der Waals surface area contributed by atoms with Gasteiger partial charge >= 0.3 is 0 Å². The van der Waals surface area contributed by atoms with Crippen LogP contribution in [0.4, 0.5) is 8.78 Å². The van der Waals surface area contributed by atoms with Crippen LogP contribution >= 0.6 is 11.3 Å². The van der Waals surface area contributed by atoms with Crippen LogP contribution < -0.4 is 5.32 Å². The van der Waals surface area contributed by atoms with Crippen LogP contribution in [0.15, 0.2) is 53.9 Å². The van der Waals surface area contributed by atoms with Crippen LogP contribution in [-0.4, -0.2) is 34.8 Å². The van der Waals surface area contributed by atoms with Gasteiger partial charge in [-0.25, -0.2) is 13.8 Å². The van der Waals surface area contributed by atoms with Crippen LogP contribution in [0.25, 0.3) is 10.6 Å². The van der Waals surface area contributed by atoms with Crippen molar-refractivity contribution in [3.8, 4) is 10.6 Å². The molecular formula is C22H21F2N3O2S. The fourth-order valence-corrected chi connectivity index (χ4v) is 3.63. The number of hydrogen-bond acceptors (Lipinski definition) is 4. The van der Waals surface area contributed by atoms with Gasteiger partial charge in [-0.3, -0.25) is 9.59 Å². The molecule has 156 valence electrons. The van der Waals surface area contributed by atoms with Crippen LogP contribution in [0.1, 0.15) is 18.2 Å². The Bertz CT molecular complexity index is 1020. The lowest BCUT2D eigenvalue weighted by atomic mass is 10.2. The van der Waals surface area contributed by atoms with E-state index in [1.807, 2.05) is 0 Å². The predicted molar refractivity (Wildman–Crippen MR) is 112 cm³/mol. The molecule has 8 heteroatoms. The van der Waals surface area contributed by atoms with Crippen molar-refractivity contribution < 1.29 is 18.4 Å². The quantitative estimate of drug-likeness (QED) is 0.593. The van der Waals surface area contributed by atoms with Gasteiger partial charge in [-0.05, 0) is 36.8 Å². The predicted octanol–water partition coefficient (Wildman–Crippen LogP) is 3.80. The second-order valence-electron chi connectivity index (χ2n) is 6.64. The van der Waals surface area contributed by atoms with Crippen LogP contribution in [0, 0.1) is 11.6 Å². The second kappa shape index (κ2) is 10.1. The van der Waals surface area contributed by atoms with Gasteiger partial charge in [0.15, 0.2) is 0 Å². The summed E-state index contributed by atoms with van der Waals surface area (Å²) in [6, 6.07) is 12.0. The summed E-state index contributed by atoms with van der Waals surface area (Å²) in [7, 11) is 0. The number of hydrogen-bond donors (Lipinski definition) is 1. The Balaban J connectivity index is 1.54. The van der Waals surface area contributed by atoms with Crippen molar-refractivity contribution in [2.24, 2.45) is 0 Å². The molecule has 0 aliphatic heterocycles. The number of carbonyl (C=O) groups is 2. The molecule has 0 unspecified atom stereocenters. The molecule has 2 aromatic carbocycles. The summed E-state index contributed by atoms with van der Waals surface area (Å²) in [5.41, 5.74) is 2.01. The van der Waals surface area contributed by atoms with Gasteiger partial charge in [-0.15, -0.1) is 11.3 Å². The van der Waals surface area contributed by atoms with E-state index < -0.39 is 0 Å². The van der Waals surface area contributed by atoms with Crippen LogP contribution in [0.3, 0.4) is 0 Å². The van der Waals surface area contributed by atoms with Crippen molar-refractivity contribution in [2.75, 3.05) is 13.1 Å². The third kappa shape index (κ3) is 5.93. The maximum atomic E-state index is 13.4. The summed E-state index contributed by atoms with van der Waals surface area (Å²) < 4.78 is 26.3. The summed E-state index contributed by atoms with van der Waals surface area (Å²) in [4.78, 5) is 30.7. The minimum Gasteiger partial charge on any atom is -0.350 e. The van der Waals surface area contributed by atoms with Crippen molar-refractivity contribution in [3.63, 3.8) is 0 Å². The number of amides is 2. The first kappa shape index (κ1) is 21.6. The molecule has 30 heavy (non-hydrogen) atoms. The topological polar surface area (TPSA) is 62.3 Å². The highest BCUT2D eigenvalue weighted by Crippen LogP contribution is 2.24. The first-order chi connectivity index (χ1) is 14.4. The lowest BCUT2D eigenvalue weighted by Gasteiger charge is -2.20. The Morgan fingerprint density at radius 3 is 2.57 bits per heavy atom. The zero-order valence-corrected chi connectivity index (χ0v) is 17.2. The van der Waals surface area contributed by atoms with E-state index in [4.69, 9.17) is 0 Å². The van der Waals surface area contributed by atoms with Gasteiger partial charge in [0.05, 0.1) is 18.7 Å². The Hall–Kier alpha value is -3.13. The molecule has 0 fully saturated rings. The summed E-state index contributed by atoms with van der Waals surface area (Å²) in [6.45, 7) is 2.36. The van der Waals surface area contributed by atoms with E-state index in [1.165, 1.54) is 40.5 Å². The van der Waals surface area contributed by atoms with E-state index in [2.05, 4.69) is 10.3 Å². The van der Waals surface area contributed by atoms with Gasteiger partial charge in [0.2, 0.25) is 11.8 Å². The Labute approximate surface area is 177 Å². The molecule has 0 radical (unpaired) electrons. The number of aromatic nitrogens is 1. The highest BCUT2D eigenvalue weighted by molar-refractivity contribution is 7.13. The van der Waals surface area contributed by atoms with E-state index >= 15 is 0 Å². The fourth-order valence-electron chi connectivity index (χ4n) is 2.82. The SMILES string of the molecule is CCN(CC(=O)NCc1ccc(F)cc1)C(=O)Cc1csc(-c2cccc(F)c2)n1. The van der Waals surface area contributed by atoms with E-state index in [0.717, 1.165) is 5.56 Å². The first-order valence-electron chi connectivity index (χ1n) is 9.44. The van der Waals surface area contributed by atoms with Crippen molar-refractivity contribution in [3.05, 3.63) is 76.8 Å². The Morgan fingerprint density at radius 1 is 1.10 bits per heavy atom. The Kier molecular flexibility index (Phi) is 7.24. The molecule has 0 atom stereocenters. The van der Waals surface area contributed by atoms with Crippen LogP contribution in [-0.2, 0) is 22.6 Å². The van der Waals surface area contributed by atoms with Crippen molar-refractivity contribution in [1.82, 2.24) is 15.2 Å². The number of rotatable bonds is 8. The van der Waals surface area contributed by atoms with Gasteiger partial charge in [0.1, 0.15) is 16.6 Å². The average molecular weight is 429 g/mol.